The number of nitrogen functional groups attached to an aromatic ring is 1. The lowest BCUT2D eigenvalue weighted by molar-refractivity contribution is 0.201. The van der Waals surface area contributed by atoms with Crippen molar-refractivity contribution in [3.8, 4) is 11.8 Å². The smallest absolute Gasteiger partial charge is 0.328 e. The fraction of sp³-hybridized carbons (Fsp3) is 0.542. The first-order valence-electron chi connectivity index (χ1n) is 11.8. The zero-order valence-corrected chi connectivity index (χ0v) is 20.4. The molecule has 0 aliphatic carbocycles. The van der Waals surface area contributed by atoms with Crippen LogP contribution in [0.15, 0.2) is 23.0 Å². The van der Waals surface area contributed by atoms with E-state index in [-0.39, 0.29) is 36.7 Å². The number of nitrogens with one attached hydrogen (secondary N) is 2. The normalized spacial score (nSPS) is 13.2. The first kappa shape index (κ1) is 25.5. The Balaban J connectivity index is 1.85. The van der Waals surface area contributed by atoms with Gasteiger partial charge in [-0.05, 0) is 24.0 Å². The molecule has 10 nitrogen and oxygen atoms in total. The predicted octanol–water partition coefficient (Wildman–Crippen LogP) is 2.43. The standard InChI is InChI=1S/C24H36N6O4/c1-5-7-10-34-23-28-21(25)20-22(29-23)30(24(32)27-20)13-17-9-8-16(11-19(17)33-4)12-26-18(14-31)15(3)6-2/h8-9,11,15,18,26,31H,5-7,10,12-14H2,1-4H3,(H,27,32)(H2,25,28,29)/t15-,18-/m0/s1. The van der Waals surface area contributed by atoms with E-state index < -0.39 is 0 Å². The maximum atomic E-state index is 12.7. The Hall–Kier alpha value is -3.11. The van der Waals surface area contributed by atoms with Crippen LogP contribution in [-0.4, -0.2) is 51.0 Å². The van der Waals surface area contributed by atoms with Crippen molar-refractivity contribution in [3.05, 3.63) is 39.8 Å². The largest absolute Gasteiger partial charge is 0.496 e. The first-order valence-corrected chi connectivity index (χ1v) is 11.8. The summed E-state index contributed by atoms with van der Waals surface area (Å²) in [7, 11) is 1.60. The Bertz CT molecular complexity index is 1140. The van der Waals surface area contributed by atoms with Crippen molar-refractivity contribution in [1.29, 1.82) is 0 Å². The lowest BCUT2D eigenvalue weighted by Gasteiger charge is -2.22. The molecule has 0 spiro atoms. The van der Waals surface area contributed by atoms with Crippen LogP contribution in [-0.2, 0) is 13.1 Å². The second-order valence-electron chi connectivity index (χ2n) is 8.51. The summed E-state index contributed by atoms with van der Waals surface area (Å²) in [5.41, 5.74) is 8.32. The van der Waals surface area contributed by atoms with Gasteiger partial charge in [0.1, 0.15) is 11.3 Å². The number of rotatable bonds is 13. The number of benzene rings is 1. The minimum atomic E-state index is -0.339. The van der Waals surface area contributed by atoms with Crippen LogP contribution in [0.2, 0.25) is 0 Å². The number of aromatic amines is 1. The number of hydrogen-bond donors (Lipinski definition) is 4. The second-order valence-corrected chi connectivity index (χ2v) is 8.51. The molecule has 0 unspecified atom stereocenters. The molecule has 0 saturated heterocycles. The molecule has 0 saturated carbocycles. The number of fused-ring (bicyclic) bond motifs is 1. The zero-order valence-electron chi connectivity index (χ0n) is 20.4. The number of anilines is 1. The minimum Gasteiger partial charge on any atom is -0.496 e. The molecule has 2 atom stereocenters. The SMILES string of the molecule is CCCCOc1nc(N)c2[nH]c(=O)n(Cc3ccc(CN[C@@H](CO)[C@@H](C)CC)cc3OC)c2n1. The van der Waals surface area contributed by atoms with Crippen molar-refractivity contribution in [3.63, 3.8) is 0 Å². The highest BCUT2D eigenvalue weighted by Crippen LogP contribution is 2.24. The summed E-state index contributed by atoms with van der Waals surface area (Å²) in [6.07, 6.45) is 2.84. The van der Waals surface area contributed by atoms with Gasteiger partial charge in [-0.1, -0.05) is 45.7 Å². The van der Waals surface area contributed by atoms with Gasteiger partial charge >= 0.3 is 11.7 Å². The number of imidazole rings is 1. The van der Waals surface area contributed by atoms with E-state index in [0.29, 0.717) is 36.0 Å². The number of aromatic nitrogens is 4. The van der Waals surface area contributed by atoms with Crippen molar-refractivity contribution in [2.75, 3.05) is 26.1 Å². The number of aliphatic hydroxyl groups is 1. The summed E-state index contributed by atoms with van der Waals surface area (Å²) >= 11 is 0. The number of nitrogens with two attached hydrogens (primary N) is 1. The predicted molar refractivity (Wildman–Crippen MR) is 132 cm³/mol. The van der Waals surface area contributed by atoms with Gasteiger partial charge in [0, 0.05) is 18.2 Å². The number of H-pyrrole nitrogens is 1. The third-order valence-corrected chi connectivity index (χ3v) is 6.14. The average molecular weight is 473 g/mol. The number of nitrogens with zero attached hydrogens (tertiary/aromatic N) is 3. The molecule has 2 aromatic heterocycles. The van der Waals surface area contributed by atoms with Crippen molar-refractivity contribution in [1.82, 2.24) is 24.8 Å². The summed E-state index contributed by atoms with van der Waals surface area (Å²) in [5.74, 6) is 1.19. The minimum absolute atomic E-state index is 0.0272. The highest BCUT2D eigenvalue weighted by atomic mass is 16.5. The van der Waals surface area contributed by atoms with Crippen LogP contribution in [0.4, 0.5) is 5.82 Å². The number of ether oxygens (including phenoxy) is 2. The number of aliphatic hydroxyl groups excluding tert-OH is 1. The summed E-state index contributed by atoms with van der Waals surface area (Å²) in [4.78, 5) is 24.0. The molecule has 0 bridgehead atoms. The third-order valence-electron chi connectivity index (χ3n) is 6.14. The maximum Gasteiger partial charge on any atom is 0.328 e. The summed E-state index contributed by atoms with van der Waals surface area (Å²) in [6.45, 7) is 7.70. The van der Waals surface area contributed by atoms with Gasteiger partial charge in [-0.15, -0.1) is 0 Å². The van der Waals surface area contributed by atoms with E-state index in [1.807, 2.05) is 18.2 Å². The number of unbranched alkanes of at least 4 members (excludes halogenated alkanes) is 1. The highest BCUT2D eigenvalue weighted by molar-refractivity contribution is 5.82. The third kappa shape index (κ3) is 5.87. The molecule has 10 heteroatoms. The van der Waals surface area contributed by atoms with Crippen LogP contribution >= 0.6 is 0 Å². The molecule has 3 rings (SSSR count). The van der Waals surface area contributed by atoms with E-state index in [2.05, 4.69) is 41.0 Å². The van der Waals surface area contributed by atoms with Gasteiger partial charge in [0.05, 0.1) is 26.9 Å². The summed E-state index contributed by atoms with van der Waals surface area (Å²) in [5, 5.41) is 13.1. The fourth-order valence-corrected chi connectivity index (χ4v) is 3.73. The molecule has 0 aliphatic heterocycles. The van der Waals surface area contributed by atoms with E-state index >= 15 is 0 Å². The van der Waals surface area contributed by atoms with Crippen molar-refractivity contribution < 1.29 is 14.6 Å². The van der Waals surface area contributed by atoms with Crippen LogP contribution in [0.1, 0.15) is 51.2 Å². The zero-order chi connectivity index (χ0) is 24.7. The van der Waals surface area contributed by atoms with Crippen molar-refractivity contribution in [2.45, 2.75) is 59.2 Å². The van der Waals surface area contributed by atoms with E-state index in [0.717, 1.165) is 30.4 Å². The lowest BCUT2D eigenvalue weighted by Crippen LogP contribution is -2.37. The quantitative estimate of drug-likeness (QED) is 0.278. The van der Waals surface area contributed by atoms with E-state index in [1.165, 1.54) is 4.57 Å². The first-order chi connectivity index (χ1) is 16.4. The van der Waals surface area contributed by atoms with Gasteiger partial charge in [-0.2, -0.15) is 9.97 Å². The van der Waals surface area contributed by atoms with Gasteiger partial charge in [0.15, 0.2) is 11.5 Å². The van der Waals surface area contributed by atoms with Gasteiger partial charge in [-0.25, -0.2) is 4.79 Å². The molecular weight excluding hydrogens is 436 g/mol. The highest BCUT2D eigenvalue weighted by Gasteiger charge is 2.17. The van der Waals surface area contributed by atoms with E-state index in [1.54, 1.807) is 7.11 Å². The Morgan fingerprint density at radius 3 is 2.76 bits per heavy atom. The van der Waals surface area contributed by atoms with E-state index in [9.17, 15) is 9.90 Å². The summed E-state index contributed by atoms with van der Waals surface area (Å²) < 4.78 is 12.7. The molecule has 34 heavy (non-hydrogen) atoms. The molecule has 3 aromatic rings. The molecule has 186 valence electrons. The van der Waals surface area contributed by atoms with Gasteiger partial charge in [0.2, 0.25) is 0 Å². The topological polar surface area (TPSA) is 140 Å². The summed E-state index contributed by atoms with van der Waals surface area (Å²) in [6, 6.07) is 6.04. The van der Waals surface area contributed by atoms with Crippen molar-refractivity contribution >= 4 is 17.0 Å². The Kier molecular flexibility index (Phi) is 8.89. The van der Waals surface area contributed by atoms with Gasteiger partial charge in [0.25, 0.3) is 0 Å². The van der Waals surface area contributed by atoms with Crippen LogP contribution in [0.3, 0.4) is 0 Å². The van der Waals surface area contributed by atoms with Crippen LogP contribution in [0.25, 0.3) is 11.2 Å². The van der Waals surface area contributed by atoms with E-state index in [4.69, 9.17) is 15.2 Å². The maximum absolute atomic E-state index is 12.7. The Labute approximate surface area is 199 Å². The monoisotopic (exact) mass is 472 g/mol. The second kappa shape index (κ2) is 11.8. The molecular formula is C24H36N6O4. The van der Waals surface area contributed by atoms with Crippen LogP contribution in [0.5, 0.6) is 11.8 Å². The number of hydrogen-bond acceptors (Lipinski definition) is 8. The molecule has 0 fully saturated rings. The Morgan fingerprint density at radius 1 is 1.29 bits per heavy atom. The molecule has 5 N–H and O–H groups in total. The molecule has 0 radical (unpaired) electrons. The molecule has 1 aromatic carbocycles. The van der Waals surface area contributed by atoms with Crippen molar-refractivity contribution in [2.24, 2.45) is 5.92 Å². The fourth-order valence-electron chi connectivity index (χ4n) is 3.73. The van der Waals surface area contributed by atoms with Gasteiger partial charge < -0.3 is 30.6 Å². The van der Waals surface area contributed by atoms with Crippen LogP contribution < -0.4 is 26.2 Å². The van der Waals surface area contributed by atoms with Crippen LogP contribution in [0, 0.1) is 5.92 Å². The molecule has 0 aliphatic rings. The Morgan fingerprint density at radius 2 is 2.09 bits per heavy atom. The lowest BCUT2D eigenvalue weighted by atomic mass is 9.99. The molecule has 2 heterocycles. The average Bonchev–Trinajstić information content (AvgIpc) is 3.15. The molecule has 0 amide bonds. The number of methoxy groups -OCH3 is 1. The van der Waals surface area contributed by atoms with Gasteiger partial charge in [-0.3, -0.25) is 4.57 Å².